The monoisotopic (exact) mass is 214 g/mol. The van der Waals surface area contributed by atoms with Crippen LogP contribution in [0.15, 0.2) is 17.5 Å². The van der Waals surface area contributed by atoms with Crippen molar-refractivity contribution in [2.75, 3.05) is 7.11 Å². The van der Waals surface area contributed by atoms with Crippen LogP contribution < -0.4 is 4.74 Å². The minimum atomic E-state index is -0.228. The summed E-state index contributed by atoms with van der Waals surface area (Å²) in [6.07, 6.45) is 1.03. The number of ether oxygens (including phenoxy) is 2. The topological polar surface area (TPSA) is 35.5 Å². The molecule has 1 aromatic rings. The van der Waals surface area contributed by atoms with Crippen LogP contribution in [0.3, 0.4) is 0 Å². The number of carbonyl (C=O) groups is 1. The first-order chi connectivity index (χ1) is 6.76. The second kappa shape index (κ2) is 5.65. The summed E-state index contributed by atoms with van der Waals surface area (Å²) < 4.78 is 10.2. The lowest BCUT2D eigenvalue weighted by Crippen LogP contribution is -2.20. The van der Waals surface area contributed by atoms with Crippen molar-refractivity contribution in [3.8, 4) is 5.06 Å². The molecule has 0 saturated heterocycles. The molecule has 3 nitrogen and oxygen atoms in total. The first-order valence-electron chi connectivity index (χ1n) is 4.53. The molecule has 4 heteroatoms. The summed E-state index contributed by atoms with van der Waals surface area (Å²) in [4.78, 5) is 11.0. The number of thiophene rings is 1. The molecule has 0 aliphatic carbocycles. The third-order valence-electron chi connectivity index (χ3n) is 1.86. The van der Waals surface area contributed by atoms with Gasteiger partial charge in [-0.2, -0.15) is 0 Å². The summed E-state index contributed by atoms with van der Waals surface area (Å²) in [6.45, 7) is 1.99. The Kier molecular flexibility index (Phi) is 4.46. The molecule has 1 atom stereocenters. The smallest absolute Gasteiger partial charge is 0.309 e. The van der Waals surface area contributed by atoms with Crippen molar-refractivity contribution in [2.45, 2.75) is 25.9 Å². The van der Waals surface area contributed by atoms with Gasteiger partial charge in [0.25, 0.3) is 0 Å². The fraction of sp³-hybridized carbons (Fsp3) is 0.500. The number of methoxy groups -OCH3 is 1. The van der Waals surface area contributed by atoms with Gasteiger partial charge >= 0.3 is 5.97 Å². The van der Waals surface area contributed by atoms with Gasteiger partial charge in [0.2, 0.25) is 0 Å². The number of hydrogen-bond acceptors (Lipinski definition) is 4. The summed E-state index contributed by atoms with van der Waals surface area (Å²) in [5, 5.41) is 2.79. The van der Waals surface area contributed by atoms with Gasteiger partial charge in [0, 0.05) is 0 Å². The standard InChI is InChI=1S/C10H14O3S/c1-3-8(7-9(11)12-2)13-10-5-4-6-14-10/h4-6,8H,3,7H2,1-2H3. The van der Waals surface area contributed by atoms with Crippen LogP contribution in [0.25, 0.3) is 0 Å². The van der Waals surface area contributed by atoms with Gasteiger partial charge in [-0.15, -0.1) is 11.3 Å². The van der Waals surface area contributed by atoms with E-state index in [0.717, 1.165) is 11.5 Å². The largest absolute Gasteiger partial charge is 0.480 e. The molecule has 0 aliphatic heterocycles. The highest BCUT2D eigenvalue weighted by Crippen LogP contribution is 2.21. The quantitative estimate of drug-likeness (QED) is 0.706. The van der Waals surface area contributed by atoms with Gasteiger partial charge in [-0.3, -0.25) is 4.79 Å². The first kappa shape index (κ1) is 11.0. The molecule has 0 amide bonds. The van der Waals surface area contributed by atoms with E-state index in [2.05, 4.69) is 4.74 Å². The predicted octanol–water partition coefficient (Wildman–Crippen LogP) is 2.47. The molecule has 78 valence electrons. The molecular weight excluding hydrogens is 200 g/mol. The van der Waals surface area contributed by atoms with Crippen LogP contribution in [-0.4, -0.2) is 19.2 Å². The van der Waals surface area contributed by atoms with Crippen LogP contribution in [0.1, 0.15) is 19.8 Å². The summed E-state index contributed by atoms with van der Waals surface area (Å²) in [6, 6.07) is 3.81. The molecule has 0 N–H and O–H groups in total. The Morgan fingerprint density at radius 1 is 1.64 bits per heavy atom. The Morgan fingerprint density at radius 2 is 2.43 bits per heavy atom. The Labute approximate surface area is 87.7 Å². The zero-order valence-corrected chi connectivity index (χ0v) is 9.17. The lowest BCUT2D eigenvalue weighted by atomic mass is 10.2. The maximum absolute atomic E-state index is 11.0. The number of hydrogen-bond donors (Lipinski definition) is 0. The molecule has 1 unspecified atom stereocenters. The number of rotatable bonds is 5. The summed E-state index contributed by atoms with van der Waals surface area (Å²) in [5.41, 5.74) is 0. The van der Waals surface area contributed by atoms with Gasteiger partial charge in [-0.1, -0.05) is 6.92 Å². The van der Waals surface area contributed by atoms with Gasteiger partial charge in [0.15, 0.2) is 5.06 Å². The molecule has 14 heavy (non-hydrogen) atoms. The Bertz CT molecular complexity index is 269. The lowest BCUT2D eigenvalue weighted by molar-refractivity contribution is -0.142. The van der Waals surface area contributed by atoms with Gasteiger partial charge in [-0.05, 0) is 23.9 Å². The van der Waals surface area contributed by atoms with Crippen LogP contribution in [-0.2, 0) is 9.53 Å². The van der Waals surface area contributed by atoms with Crippen molar-refractivity contribution in [1.82, 2.24) is 0 Å². The molecule has 1 rings (SSSR count). The molecule has 0 fully saturated rings. The van der Waals surface area contributed by atoms with Crippen molar-refractivity contribution in [2.24, 2.45) is 0 Å². The Hall–Kier alpha value is -1.03. The van der Waals surface area contributed by atoms with Crippen LogP contribution >= 0.6 is 11.3 Å². The Morgan fingerprint density at radius 3 is 2.93 bits per heavy atom. The average Bonchev–Trinajstić information content (AvgIpc) is 2.69. The fourth-order valence-corrected chi connectivity index (χ4v) is 1.67. The lowest BCUT2D eigenvalue weighted by Gasteiger charge is -2.14. The highest BCUT2D eigenvalue weighted by Gasteiger charge is 2.14. The molecule has 1 heterocycles. The highest BCUT2D eigenvalue weighted by atomic mass is 32.1. The second-order valence-electron chi connectivity index (χ2n) is 2.86. The van der Waals surface area contributed by atoms with E-state index in [1.807, 2.05) is 24.4 Å². The molecule has 0 aromatic carbocycles. The van der Waals surface area contributed by atoms with Gasteiger partial charge < -0.3 is 9.47 Å². The van der Waals surface area contributed by atoms with E-state index >= 15 is 0 Å². The van der Waals surface area contributed by atoms with E-state index in [1.165, 1.54) is 18.4 Å². The van der Waals surface area contributed by atoms with Crippen molar-refractivity contribution < 1.29 is 14.3 Å². The molecule has 0 bridgehead atoms. The maximum atomic E-state index is 11.0. The first-order valence-corrected chi connectivity index (χ1v) is 5.41. The molecule has 0 aliphatic rings. The SMILES string of the molecule is CCC(CC(=O)OC)Oc1cccs1. The van der Waals surface area contributed by atoms with Crippen molar-refractivity contribution in [1.29, 1.82) is 0 Å². The van der Waals surface area contributed by atoms with Crippen molar-refractivity contribution in [3.05, 3.63) is 17.5 Å². The zero-order chi connectivity index (χ0) is 10.4. The molecular formula is C10H14O3S. The van der Waals surface area contributed by atoms with E-state index < -0.39 is 0 Å². The fourth-order valence-electron chi connectivity index (χ4n) is 1.03. The number of carbonyl (C=O) groups excluding carboxylic acids is 1. The van der Waals surface area contributed by atoms with Crippen LogP contribution in [0.4, 0.5) is 0 Å². The molecule has 0 saturated carbocycles. The van der Waals surface area contributed by atoms with E-state index in [1.54, 1.807) is 0 Å². The highest BCUT2D eigenvalue weighted by molar-refractivity contribution is 7.11. The van der Waals surface area contributed by atoms with E-state index in [-0.39, 0.29) is 12.1 Å². The van der Waals surface area contributed by atoms with E-state index in [0.29, 0.717) is 6.42 Å². The van der Waals surface area contributed by atoms with E-state index in [4.69, 9.17) is 4.74 Å². The number of esters is 1. The minimum absolute atomic E-state index is 0.0823. The maximum Gasteiger partial charge on any atom is 0.309 e. The normalized spacial score (nSPS) is 12.1. The zero-order valence-electron chi connectivity index (χ0n) is 8.36. The van der Waals surface area contributed by atoms with Crippen molar-refractivity contribution in [3.63, 3.8) is 0 Å². The van der Waals surface area contributed by atoms with Gasteiger partial charge in [0.1, 0.15) is 6.10 Å². The second-order valence-corrected chi connectivity index (χ2v) is 3.77. The summed E-state index contributed by atoms with van der Waals surface area (Å²) >= 11 is 1.53. The van der Waals surface area contributed by atoms with Crippen LogP contribution in [0, 0.1) is 0 Å². The molecule has 0 spiro atoms. The molecule has 0 radical (unpaired) electrons. The minimum Gasteiger partial charge on any atom is -0.480 e. The Balaban J connectivity index is 2.43. The van der Waals surface area contributed by atoms with Gasteiger partial charge in [0.05, 0.1) is 13.5 Å². The van der Waals surface area contributed by atoms with Crippen LogP contribution in [0.2, 0.25) is 0 Å². The summed E-state index contributed by atoms with van der Waals surface area (Å²) in [7, 11) is 1.39. The third kappa shape index (κ3) is 3.38. The van der Waals surface area contributed by atoms with Gasteiger partial charge in [-0.25, -0.2) is 0 Å². The molecule has 1 aromatic heterocycles. The van der Waals surface area contributed by atoms with Crippen molar-refractivity contribution >= 4 is 17.3 Å². The summed E-state index contributed by atoms with van der Waals surface area (Å²) in [5.74, 6) is -0.228. The predicted molar refractivity (Wildman–Crippen MR) is 55.7 cm³/mol. The van der Waals surface area contributed by atoms with Crippen LogP contribution in [0.5, 0.6) is 5.06 Å². The third-order valence-corrected chi connectivity index (χ3v) is 2.61. The van der Waals surface area contributed by atoms with E-state index in [9.17, 15) is 4.79 Å². The average molecular weight is 214 g/mol.